The number of nitro benzene ring substituents is 1. The number of methoxy groups -OCH3 is 2. The topological polar surface area (TPSA) is 120 Å². The number of aliphatic imine (C=N–C) groups is 1. The molecule has 1 aromatic carbocycles. The Morgan fingerprint density at radius 3 is 2.54 bits per heavy atom. The number of ether oxygens (including phenoxy) is 2. The molecule has 9 heteroatoms. The summed E-state index contributed by atoms with van der Waals surface area (Å²) in [6.45, 7) is 1.84. The number of fused-ring (bicyclic) bond motifs is 1. The molecule has 1 atom stereocenters. The fraction of sp³-hybridized carbons (Fsp3) is 0.211. The van der Waals surface area contributed by atoms with E-state index >= 15 is 0 Å². The van der Waals surface area contributed by atoms with Crippen LogP contribution >= 0.6 is 0 Å². The van der Waals surface area contributed by atoms with E-state index in [0.29, 0.717) is 5.70 Å². The highest BCUT2D eigenvalue weighted by Crippen LogP contribution is 2.35. The normalized spacial score (nSPS) is 19.3. The Kier molecular flexibility index (Phi) is 5.08. The van der Waals surface area contributed by atoms with Crippen LogP contribution in [0.1, 0.15) is 17.3 Å². The van der Waals surface area contributed by atoms with Crippen molar-refractivity contribution in [2.45, 2.75) is 6.92 Å². The summed E-state index contributed by atoms with van der Waals surface area (Å²) in [7, 11) is 2.70. The van der Waals surface area contributed by atoms with Crippen molar-refractivity contribution >= 4 is 23.2 Å². The van der Waals surface area contributed by atoms with Crippen LogP contribution in [0.15, 0.2) is 52.7 Å². The van der Waals surface area contributed by atoms with E-state index in [2.05, 4.69) is 10.3 Å². The van der Waals surface area contributed by atoms with E-state index in [1.807, 2.05) is 6.92 Å². The van der Waals surface area contributed by atoms with Gasteiger partial charge in [0.05, 0.1) is 30.9 Å². The van der Waals surface area contributed by atoms with E-state index in [1.165, 1.54) is 26.4 Å². The largest absolute Gasteiger partial charge is 0.493 e. The van der Waals surface area contributed by atoms with Crippen LogP contribution in [0, 0.1) is 16.0 Å². The van der Waals surface area contributed by atoms with Gasteiger partial charge >= 0.3 is 0 Å². The molecule has 1 aliphatic carbocycles. The van der Waals surface area contributed by atoms with Crippen LogP contribution < -0.4 is 14.8 Å². The number of carbonyl (C=O) groups is 2. The summed E-state index contributed by atoms with van der Waals surface area (Å²) in [4.78, 5) is 39.0. The highest BCUT2D eigenvalue weighted by Gasteiger charge is 2.26. The number of nitrogens with one attached hydrogen (secondary N) is 1. The van der Waals surface area contributed by atoms with Gasteiger partial charge in [-0.1, -0.05) is 11.6 Å². The lowest BCUT2D eigenvalue weighted by atomic mass is 9.89. The molecule has 144 valence electrons. The first-order valence-electron chi connectivity index (χ1n) is 8.26. The Morgan fingerprint density at radius 2 is 1.89 bits per heavy atom. The zero-order valence-corrected chi connectivity index (χ0v) is 15.4. The molecule has 9 nitrogen and oxygen atoms in total. The van der Waals surface area contributed by atoms with E-state index in [-0.39, 0.29) is 34.6 Å². The average Bonchev–Trinajstić information content (AvgIpc) is 2.66. The van der Waals surface area contributed by atoms with Gasteiger partial charge in [0.2, 0.25) is 5.91 Å². The number of hydrogen-bond donors (Lipinski definition) is 1. The molecule has 1 aromatic rings. The van der Waals surface area contributed by atoms with Gasteiger partial charge < -0.3 is 14.8 Å². The van der Waals surface area contributed by atoms with Gasteiger partial charge in [-0.25, -0.2) is 4.99 Å². The smallest absolute Gasteiger partial charge is 0.286 e. The third-order valence-corrected chi connectivity index (χ3v) is 4.37. The third kappa shape index (κ3) is 3.54. The number of carbonyl (C=O) groups excluding carboxylic acids is 2. The van der Waals surface area contributed by atoms with Crippen molar-refractivity contribution in [3.05, 3.63) is 63.4 Å². The molecular formula is C19H17N3O6. The van der Waals surface area contributed by atoms with Crippen molar-refractivity contribution < 1.29 is 24.0 Å². The van der Waals surface area contributed by atoms with Crippen LogP contribution in [0.25, 0.3) is 0 Å². The minimum atomic E-state index is -0.808. The molecule has 0 aromatic heterocycles. The highest BCUT2D eigenvalue weighted by molar-refractivity contribution is 6.15. The lowest BCUT2D eigenvalue weighted by Crippen LogP contribution is -2.32. The van der Waals surface area contributed by atoms with Gasteiger partial charge in [0, 0.05) is 23.8 Å². The second-order valence-electron chi connectivity index (χ2n) is 6.14. The molecular weight excluding hydrogens is 366 g/mol. The summed E-state index contributed by atoms with van der Waals surface area (Å²) >= 11 is 0. The summed E-state index contributed by atoms with van der Waals surface area (Å²) in [5, 5.41) is 14.1. The molecule has 2 aliphatic rings. The first kappa shape index (κ1) is 19.0. The summed E-state index contributed by atoms with van der Waals surface area (Å²) in [6.07, 6.45) is 6.51. The Hall–Kier alpha value is -3.75. The quantitative estimate of drug-likeness (QED) is 0.629. The zero-order valence-electron chi connectivity index (χ0n) is 15.4. The summed E-state index contributed by atoms with van der Waals surface area (Å²) in [6, 6.07) is 2.34. The van der Waals surface area contributed by atoms with E-state index < -0.39 is 16.5 Å². The van der Waals surface area contributed by atoms with Crippen LogP contribution in [-0.2, 0) is 4.79 Å². The average molecular weight is 383 g/mol. The van der Waals surface area contributed by atoms with Crippen LogP contribution in [0.3, 0.4) is 0 Å². The molecule has 0 saturated carbocycles. The van der Waals surface area contributed by atoms with Crippen molar-refractivity contribution in [2.75, 3.05) is 14.2 Å². The Morgan fingerprint density at radius 1 is 1.21 bits per heavy atom. The maximum atomic E-state index is 12.6. The number of benzene rings is 1. The molecule has 1 heterocycles. The molecule has 1 N–H and O–H groups in total. The molecule has 0 spiro atoms. The van der Waals surface area contributed by atoms with Gasteiger partial charge in [0.15, 0.2) is 11.5 Å². The van der Waals surface area contributed by atoms with Gasteiger partial charge in [0.25, 0.3) is 11.6 Å². The fourth-order valence-corrected chi connectivity index (χ4v) is 3.02. The fourth-order valence-electron chi connectivity index (χ4n) is 3.02. The first-order chi connectivity index (χ1) is 13.3. The van der Waals surface area contributed by atoms with Crippen LogP contribution in [0.2, 0.25) is 0 Å². The number of nitrogens with zero attached hydrogens (tertiary/aromatic N) is 2. The molecule has 1 aliphatic heterocycles. The van der Waals surface area contributed by atoms with E-state index in [0.717, 1.165) is 11.6 Å². The predicted octanol–water partition coefficient (Wildman–Crippen LogP) is 2.34. The van der Waals surface area contributed by atoms with Crippen molar-refractivity contribution in [1.82, 2.24) is 5.32 Å². The van der Waals surface area contributed by atoms with Gasteiger partial charge in [-0.15, -0.1) is 0 Å². The molecule has 0 saturated heterocycles. The minimum absolute atomic E-state index is 0.0952. The Labute approximate surface area is 160 Å². The Balaban J connectivity index is 1.99. The van der Waals surface area contributed by atoms with Crippen molar-refractivity contribution in [3.8, 4) is 11.5 Å². The maximum Gasteiger partial charge on any atom is 0.286 e. The van der Waals surface area contributed by atoms with Crippen molar-refractivity contribution in [2.24, 2.45) is 10.9 Å². The van der Waals surface area contributed by atoms with Crippen molar-refractivity contribution in [1.29, 1.82) is 0 Å². The summed E-state index contributed by atoms with van der Waals surface area (Å²) in [5.41, 5.74) is 1.07. The van der Waals surface area contributed by atoms with E-state index in [4.69, 9.17) is 9.47 Å². The minimum Gasteiger partial charge on any atom is -0.493 e. The predicted molar refractivity (Wildman–Crippen MR) is 101 cm³/mol. The summed E-state index contributed by atoms with van der Waals surface area (Å²) in [5.74, 6) is -0.849. The molecule has 2 amide bonds. The lowest BCUT2D eigenvalue weighted by molar-refractivity contribution is -0.385. The second-order valence-corrected chi connectivity index (χ2v) is 6.14. The monoisotopic (exact) mass is 383 g/mol. The SMILES string of the molecule is COc1cc(C(=O)N=C2C=CC3C(C)=CC(=O)NC3=C2)c([N+](=O)[O-])cc1OC. The number of allylic oxidation sites excluding steroid dienone is 3. The van der Waals surface area contributed by atoms with Gasteiger partial charge in [-0.2, -0.15) is 0 Å². The molecule has 3 rings (SSSR count). The number of amides is 2. The molecule has 28 heavy (non-hydrogen) atoms. The molecule has 0 radical (unpaired) electrons. The maximum absolute atomic E-state index is 12.6. The number of hydrogen-bond acceptors (Lipinski definition) is 6. The zero-order chi connectivity index (χ0) is 20.4. The molecule has 0 bridgehead atoms. The number of rotatable bonds is 4. The second kappa shape index (κ2) is 7.47. The van der Waals surface area contributed by atoms with Gasteiger partial charge in [-0.05, 0) is 19.1 Å². The molecule has 1 unspecified atom stereocenters. The van der Waals surface area contributed by atoms with Gasteiger partial charge in [-0.3, -0.25) is 19.7 Å². The lowest BCUT2D eigenvalue weighted by Gasteiger charge is -2.25. The van der Waals surface area contributed by atoms with Crippen LogP contribution in [-0.4, -0.2) is 36.7 Å². The summed E-state index contributed by atoms with van der Waals surface area (Å²) < 4.78 is 10.2. The van der Waals surface area contributed by atoms with Crippen molar-refractivity contribution in [3.63, 3.8) is 0 Å². The van der Waals surface area contributed by atoms with E-state index in [9.17, 15) is 19.7 Å². The first-order valence-corrected chi connectivity index (χ1v) is 8.26. The standard InChI is InChI=1S/C19H17N3O6/c1-10-6-18(23)21-14-7-11(4-5-12(10)14)20-19(24)13-8-16(27-2)17(28-3)9-15(13)22(25)26/h4-9,12H,1-3H3,(H,21,23). The van der Waals surface area contributed by atoms with Gasteiger partial charge in [0.1, 0.15) is 5.56 Å². The van der Waals surface area contributed by atoms with E-state index in [1.54, 1.807) is 18.2 Å². The van der Waals surface area contributed by atoms with Crippen LogP contribution in [0.4, 0.5) is 5.69 Å². The number of nitro groups is 1. The third-order valence-electron chi connectivity index (χ3n) is 4.37. The van der Waals surface area contributed by atoms with Crippen LogP contribution in [0.5, 0.6) is 11.5 Å². The Bertz CT molecular complexity index is 1000. The highest BCUT2D eigenvalue weighted by atomic mass is 16.6. The molecule has 0 fully saturated rings.